The summed E-state index contributed by atoms with van der Waals surface area (Å²) in [5.74, 6) is -0.227. The number of anilines is 2. The van der Waals surface area contributed by atoms with E-state index in [-0.39, 0.29) is 12.5 Å². The maximum absolute atomic E-state index is 12.5. The molecule has 30 heavy (non-hydrogen) atoms. The molecule has 2 N–H and O–H groups in total. The summed E-state index contributed by atoms with van der Waals surface area (Å²) in [4.78, 5) is 24.3. The number of hydrogen-bond donors (Lipinski definition) is 2. The molecule has 2 amide bonds. The lowest BCUT2D eigenvalue weighted by Crippen LogP contribution is -2.20. The molecule has 0 aliphatic heterocycles. The Labute approximate surface area is 169 Å². The first-order valence-corrected chi connectivity index (χ1v) is 8.70. The number of amides is 2. The average Bonchev–Trinajstić information content (AvgIpc) is 3.18. The van der Waals surface area contributed by atoms with Crippen LogP contribution in [0.5, 0.6) is 5.75 Å². The van der Waals surface area contributed by atoms with Gasteiger partial charge in [0.15, 0.2) is 5.69 Å². The number of halogens is 3. The number of carbonyl (C=O) groups is 2. The van der Waals surface area contributed by atoms with Crippen molar-refractivity contribution in [2.24, 2.45) is 0 Å². The minimum absolute atomic E-state index is 0.339. The molecule has 0 radical (unpaired) electrons. The highest BCUT2D eigenvalue weighted by Crippen LogP contribution is 2.27. The largest absolute Gasteiger partial charge is 0.497 e. The molecule has 0 bridgehead atoms. The number of aromatic nitrogens is 2. The monoisotopic (exact) mass is 418 g/mol. The van der Waals surface area contributed by atoms with Gasteiger partial charge in [-0.25, -0.2) is 0 Å². The van der Waals surface area contributed by atoms with Crippen LogP contribution in [-0.2, 0) is 17.5 Å². The van der Waals surface area contributed by atoms with Crippen molar-refractivity contribution in [1.82, 2.24) is 9.78 Å². The van der Waals surface area contributed by atoms with E-state index < -0.39 is 17.8 Å². The van der Waals surface area contributed by atoms with Crippen LogP contribution in [-0.4, -0.2) is 28.7 Å². The summed E-state index contributed by atoms with van der Waals surface area (Å²) in [6.07, 6.45) is -3.49. The standard InChI is InChI=1S/C20H17F3N4O3/c1-30-16-8-6-15(7-9-16)25-19(29)13-2-4-14(5-3-13)24-18(28)12-27-11-10-17(26-27)20(21,22)23/h2-11H,12H2,1H3,(H,24,28)(H,25,29). The number of methoxy groups -OCH3 is 1. The van der Waals surface area contributed by atoms with Gasteiger partial charge in [0.2, 0.25) is 5.91 Å². The Morgan fingerprint density at radius 1 is 0.967 bits per heavy atom. The van der Waals surface area contributed by atoms with Gasteiger partial charge in [0.05, 0.1) is 7.11 Å². The van der Waals surface area contributed by atoms with Gasteiger partial charge in [0.1, 0.15) is 12.3 Å². The van der Waals surface area contributed by atoms with Crippen molar-refractivity contribution in [3.63, 3.8) is 0 Å². The number of nitrogens with one attached hydrogen (secondary N) is 2. The third-order valence-electron chi connectivity index (χ3n) is 4.02. The molecule has 156 valence electrons. The number of nitrogens with zero attached hydrogens (tertiary/aromatic N) is 2. The first-order chi connectivity index (χ1) is 14.2. The van der Waals surface area contributed by atoms with Gasteiger partial charge < -0.3 is 15.4 Å². The van der Waals surface area contributed by atoms with Crippen molar-refractivity contribution in [2.75, 3.05) is 17.7 Å². The summed E-state index contributed by atoms with van der Waals surface area (Å²) >= 11 is 0. The Kier molecular flexibility index (Phi) is 6.05. The van der Waals surface area contributed by atoms with Crippen molar-refractivity contribution in [3.8, 4) is 5.75 Å². The molecule has 0 saturated carbocycles. The number of benzene rings is 2. The number of alkyl halides is 3. The van der Waals surface area contributed by atoms with Crippen LogP contribution in [0.3, 0.4) is 0 Å². The van der Waals surface area contributed by atoms with Crippen molar-refractivity contribution in [1.29, 1.82) is 0 Å². The third kappa shape index (κ3) is 5.37. The zero-order chi connectivity index (χ0) is 21.7. The summed E-state index contributed by atoms with van der Waals surface area (Å²) in [6.45, 7) is -0.379. The highest BCUT2D eigenvalue weighted by Gasteiger charge is 2.33. The predicted molar refractivity (Wildman–Crippen MR) is 103 cm³/mol. The Hall–Kier alpha value is -3.82. The zero-order valence-corrected chi connectivity index (χ0v) is 15.7. The minimum atomic E-state index is -4.57. The second-order valence-electron chi connectivity index (χ2n) is 6.20. The van der Waals surface area contributed by atoms with Crippen LogP contribution in [0.2, 0.25) is 0 Å². The molecular formula is C20H17F3N4O3. The molecular weight excluding hydrogens is 401 g/mol. The average molecular weight is 418 g/mol. The van der Waals surface area contributed by atoms with Crippen molar-refractivity contribution in [2.45, 2.75) is 12.7 Å². The smallest absolute Gasteiger partial charge is 0.435 e. The number of carbonyl (C=O) groups excluding carboxylic acids is 2. The maximum Gasteiger partial charge on any atom is 0.435 e. The highest BCUT2D eigenvalue weighted by atomic mass is 19.4. The van der Waals surface area contributed by atoms with Gasteiger partial charge in [-0.2, -0.15) is 18.3 Å². The first kappa shape index (κ1) is 20.9. The van der Waals surface area contributed by atoms with Crippen molar-refractivity contribution < 1.29 is 27.5 Å². The van der Waals surface area contributed by atoms with E-state index in [4.69, 9.17) is 4.74 Å². The molecule has 10 heteroatoms. The van der Waals surface area contributed by atoms with E-state index >= 15 is 0 Å². The zero-order valence-electron chi connectivity index (χ0n) is 15.7. The summed E-state index contributed by atoms with van der Waals surface area (Å²) in [5, 5.41) is 8.59. The van der Waals surface area contributed by atoms with E-state index in [9.17, 15) is 22.8 Å². The fourth-order valence-corrected chi connectivity index (χ4v) is 2.53. The van der Waals surface area contributed by atoms with Crippen LogP contribution in [0.25, 0.3) is 0 Å². The molecule has 1 heterocycles. The van der Waals surface area contributed by atoms with Gasteiger partial charge in [0.25, 0.3) is 5.91 Å². The molecule has 7 nitrogen and oxygen atoms in total. The summed E-state index contributed by atoms with van der Waals surface area (Å²) in [5.41, 5.74) is 0.285. The molecule has 3 rings (SSSR count). The van der Waals surface area contributed by atoms with Crippen LogP contribution in [0.1, 0.15) is 16.1 Å². The van der Waals surface area contributed by atoms with E-state index in [0.717, 1.165) is 16.9 Å². The lowest BCUT2D eigenvalue weighted by Gasteiger charge is -2.08. The Bertz CT molecular complexity index is 1030. The predicted octanol–water partition coefficient (Wildman–Crippen LogP) is 3.80. The Morgan fingerprint density at radius 2 is 1.57 bits per heavy atom. The second-order valence-corrected chi connectivity index (χ2v) is 6.20. The quantitative estimate of drug-likeness (QED) is 0.638. The molecule has 0 aliphatic rings. The van der Waals surface area contributed by atoms with Crippen LogP contribution in [0.4, 0.5) is 24.5 Å². The van der Waals surface area contributed by atoms with Gasteiger partial charge in [-0.1, -0.05) is 0 Å². The normalized spacial score (nSPS) is 11.1. The Morgan fingerprint density at radius 3 is 2.13 bits per heavy atom. The van der Waals surface area contributed by atoms with Gasteiger partial charge in [-0.05, 0) is 54.6 Å². The fourth-order valence-electron chi connectivity index (χ4n) is 2.53. The lowest BCUT2D eigenvalue weighted by atomic mass is 10.2. The van der Waals surface area contributed by atoms with Crippen molar-refractivity contribution >= 4 is 23.2 Å². The molecule has 2 aromatic carbocycles. The van der Waals surface area contributed by atoms with Crippen LogP contribution in [0.15, 0.2) is 60.8 Å². The van der Waals surface area contributed by atoms with Crippen molar-refractivity contribution in [3.05, 3.63) is 72.1 Å². The van der Waals surface area contributed by atoms with E-state index in [2.05, 4.69) is 15.7 Å². The summed E-state index contributed by atoms with van der Waals surface area (Å²) < 4.78 is 43.6. The molecule has 1 aromatic heterocycles. The molecule has 3 aromatic rings. The lowest BCUT2D eigenvalue weighted by molar-refractivity contribution is -0.141. The number of ether oxygens (including phenoxy) is 1. The SMILES string of the molecule is COc1ccc(NC(=O)c2ccc(NC(=O)Cn3ccc(C(F)(F)F)n3)cc2)cc1. The van der Waals surface area contributed by atoms with Crippen LogP contribution >= 0.6 is 0 Å². The van der Waals surface area contributed by atoms with Crippen LogP contribution < -0.4 is 15.4 Å². The summed E-state index contributed by atoms with van der Waals surface area (Å²) in [6, 6.07) is 13.7. The molecule has 0 saturated heterocycles. The highest BCUT2D eigenvalue weighted by molar-refractivity contribution is 6.04. The number of hydrogen-bond acceptors (Lipinski definition) is 4. The topological polar surface area (TPSA) is 85.3 Å². The van der Waals surface area contributed by atoms with Gasteiger partial charge in [-0.15, -0.1) is 0 Å². The number of rotatable bonds is 6. The minimum Gasteiger partial charge on any atom is -0.497 e. The molecule has 0 aliphatic carbocycles. The van der Waals surface area contributed by atoms with Gasteiger partial charge >= 0.3 is 6.18 Å². The van der Waals surface area contributed by atoms with Gasteiger partial charge in [-0.3, -0.25) is 14.3 Å². The maximum atomic E-state index is 12.5. The van der Waals surface area contributed by atoms with E-state index in [1.165, 1.54) is 24.3 Å². The Balaban J connectivity index is 1.56. The molecule has 0 unspecified atom stereocenters. The molecule has 0 atom stereocenters. The van der Waals surface area contributed by atoms with E-state index in [1.807, 2.05) is 0 Å². The third-order valence-corrected chi connectivity index (χ3v) is 4.02. The molecule has 0 spiro atoms. The van der Waals surface area contributed by atoms with Gasteiger partial charge in [0, 0.05) is 23.1 Å². The fraction of sp³-hybridized carbons (Fsp3) is 0.150. The second kappa shape index (κ2) is 8.68. The van der Waals surface area contributed by atoms with E-state index in [0.29, 0.717) is 22.7 Å². The first-order valence-electron chi connectivity index (χ1n) is 8.70. The summed E-state index contributed by atoms with van der Waals surface area (Å²) in [7, 11) is 1.54. The van der Waals surface area contributed by atoms with E-state index in [1.54, 1.807) is 31.4 Å². The van der Waals surface area contributed by atoms with Crippen LogP contribution in [0, 0.1) is 0 Å². The molecule has 0 fully saturated rings.